The van der Waals surface area contributed by atoms with E-state index in [1.165, 1.54) is 5.56 Å². The third-order valence-corrected chi connectivity index (χ3v) is 3.33. The molecule has 2 rings (SSSR count). The first-order valence-electron chi connectivity index (χ1n) is 6.15. The van der Waals surface area contributed by atoms with Gasteiger partial charge in [0.1, 0.15) is 6.07 Å². The van der Waals surface area contributed by atoms with E-state index in [0.717, 1.165) is 43.9 Å². The third kappa shape index (κ3) is 2.78. The smallest absolute Gasteiger partial charge is 0.101 e. The van der Waals surface area contributed by atoms with Crippen LogP contribution in [-0.4, -0.2) is 38.1 Å². The Balaban J connectivity index is 2.26. The summed E-state index contributed by atoms with van der Waals surface area (Å²) in [6.45, 7) is 6.34. The molecule has 0 radical (unpaired) electrons. The second kappa shape index (κ2) is 5.20. The monoisotopic (exact) mass is 229 g/mol. The number of hydrogen-bond donors (Lipinski definition) is 0. The van der Waals surface area contributed by atoms with E-state index in [4.69, 9.17) is 0 Å². The Morgan fingerprint density at radius 2 is 2.00 bits per heavy atom. The lowest BCUT2D eigenvalue weighted by molar-refractivity contribution is 0.360. The zero-order valence-electron chi connectivity index (χ0n) is 10.6. The molecule has 0 amide bonds. The van der Waals surface area contributed by atoms with Crippen LogP contribution in [0.4, 0.5) is 5.69 Å². The van der Waals surface area contributed by atoms with Crippen LogP contribution in [0.25, 0.3) is 0 Å². The fourth-order valence-electron chi connectivity index (χ4n) is 2.29. The maximum Gasteiger partial charge on any atom is 0.101 e. The van der Waals surface area contributed by atoms with Gasteiger partial charge in [-0.05, 0) is 44.6 Å². The first-order valence-corrected chi connectivity index (χ1v) is 6.15. The standard InChI is InChI=1S/C14H19N3/c1-12-4-5-13(11-15)14(10-12)17-7-3-6-16(2)8-9-17/h4-5,10H,3,6-9H2,1-2H3. The summed E-state index contributed by atoms with van der Waals surface area (Å²) >= 11 is 0. The fraction of sp³-hybridized carbons (Fsp3) is 0.500. The number of likely N-dealkylation sites (N-methyl/N-ethyl adjacent to an activating group) is 1. The summed E-state index contributed by atoms with van der Waals surface area (Å²) in [4.78, 5) is 4.69. The van der Waals surface area contributed by atoms with E-state index in [2.05, 4.69) is 35.9 Å². The molecule has 17 heavy (non-hydrogen) atoms. The van der Waals surface area contributed by atoms with Crippen molar-refractivity contribution in [3.63, 3.8) is 0 Å². The fourth-order valence-corrected chi connectivity index (χ4v) is 2.29. The predicted octanol–water partition coefficient (Wildman–Crippen LogP) is 2.01. The summed E-state index contributed by atoms with van der Waals surface area (Å²) in [5, 5.41) is 9.18. The SMILES string of the molecule is Cc1ccc(C#N)c(N2CCCN(C)CC2)c1. The van der Waals surface area contributed by atoms with Gasteiger partial charge >= 0.3 is 0 Å². The van der Waals surface area contributed by atoms with E-state index in [1.807, 2.05) is 12.1 Å². The van der Waals surface area contributed by atoms with Crippen molar-refractivity contribution in [2.45, 2.75) is 13.3 Å². The lowest BCUT2D eigenvalue weighted by Gasteiger charge is -2.24. The number of nitriles is 1. The maximum atomic E-state index is 9.18. The van der Waals surface area contributed by atoms with Gasteiger partial charge in [0.05, 0.1) is 11.3 Å². The van der Waals surface area contributed by atoms with Crippen LogP contribution in [0, 0.1) is 18.3 Å². The zero-order valence-corrected chi connectivity index (χ0v) is 10.6. The maximum absolute atomic E-state index is 9.18. The topological polar surface area (TPSA) is 30.3 Å². The Bertz CT molecular complexity index is 434. The van der Waals surface area contributed by atoms with Gasteiger partial charge in [-0.15, -0.1) is 0 Å². The van der Waals surface area contributed by atoms with Crippen LogP contribution >= 0.6 is 0 Å². The minimum absolute atomic E-state index is 0.792. The first kappa shape index (κ1) is 11.9. The molecule has 1 aromatic carbocycles. The Hall–Kier alpha value is -1.53. The van der Waals surface area contributed by atoms with Crippen molar-refractivity contribution in [3.05, 3.63) is 29.3 Å². The zero-order chi connectivity index (χ0) is 12.3. The minimum Gasteiger partial charge on any atom is -0.369 e. The molecule has 90 valence electrons. The van der Waals surface area contributed by atoms with Crippen LogP contribution in [0.5, 0.6) is 0 Å². The van der Waals surface area contributed by atoms with Gasteiger partial charge < -0.3 is 9.80 Å². The van der Waals surface area contributed by atoms with Gasteiger partial charge in [0, 0.05) is 19.6 Å². The van der Waals surface area contributed by atoms with Crippen LogP contribution in [0.3, 0.4) is 0 Å². The molecular formula is C14H19N3. The highest BCUT2D eigenvalue weighted by molar-refractivity contribution is 5.60. The molecule has 0 unspecified atom stereocenters. The second-order valence-corrected chi connectivity index (χ2v) is 4.78. The number of nitrogens with zero attached hydrogens (tertiary/aromatic N) is 3. The molecule has 0 bridgehead atoms. The average Bonchev–Trinajstić information content (AvgIpc) is 2.54. The van der Waals surface area contributed by atoms with Crippen LogP contribution in [0.2, 0.25) is 0 Å². The molecule has 0 spiro atoms. The van der Waals surface area contributed by atoms with Crippen LogP contribution < -0.4 is 4.90 Å². The Morgan fingerprint density at radius 1 is 1.18 bits per heavy atom. The van der Waals surface area contributed by atoms with Crippen molar-refractivity contribution < 1.29 is 0 Å². The van der Waals surface area contributed by atoms with E-state index in [0.29, 0.717) is 0 Å². The Morgan fingerprint density at radius 3 is 2.76 bits per heavy atom. The molecule has 0 aliphatic carbocycles. The molecule has 0 N–H and O–H groups in total. The van der Waals surface area contributed by atoms with Gasteiger partial charge in [0.15, 0.2) is 0 Å². The molecular weight excluding hydrogens is 210 g/mol. The minimum atomic E-state index is 0.792. The van der Waals surface area contributed by atoms with Crippen LogP contribution in [-0.2, 0) is 0 Å². The number of benzene rings is 1. The Kier molecular flexibility index (Phi) is 3.65. The molecule has 1 saturated heterocycles. The quantitative estimate of drug-likeness (QED) is 0.738. The highest BCUT2D eigenvalue weighted by Gasteiger charge is 2.15. The summed E-state index contributed by atoms with van der Waals surface area (Å²) in [6.07, 6.45) is 1.16. The van der Waals surface area contributed by atoms with Gasteiger partial charge in [-0.2, -0.15) is 5.26 Å². The molecule has 1 aliphatic rings. The number of rotatable bonds is 1. The van der Waals surface area contributed by atoms with Gasteiger partial charge in [-0.1, -0.05) is 6.07 Å². The molecule has 1 fully saturated rings. The van der Waals surface area contributed by atoms with Gasteiger partial charge in [-0.3, -0.25) is 0 Å². The van der Waals surface area contributed by atoms with Crippen molar-refractivity contribution in [1.82, 2.24) is 4.90 Å². The number of aryl methyl sites for hydroxylation is 1. The molecule has 0 aromatic heterocycles. The molecule has 1 heterocycles. The van der Waals surface area contributed by atoms with Crippen molar-refractivity contribution in [3.8, 4) is 6.07 Å². The average molecular weight is 229 g/mol. The van der Waals surface area contributed by atoms with E-state index >= 15 is 0 Å². The normalized spacial score (nSPS) is 17.6. The van der Waals surface area contributed by atoms with E-state index in [-0.39, 0.29) is 0 Å². The predicted molar refractivity (Wildman–Crippen MR) is 70.2 cm³/mol. The van der Waals surface area contributed by atoms with Crippen molar-refractivity contribution in [2.75, 3.05) is 38.1 Å². The molecule has 0 saturated carbocycles. The largest absolute Gasteiger partial charge is 0.369 e. The van der Waals surface area contributed by atoms with Gasteiger partial charge in [-0.25, -0.2) is 0 Å². The Labute approximate surface area is 103 Å². The van der Waals surface area contributed by atoms with E-state index in [9.17, 15) is 5.26 Å². The number of anilines is 1. The van der Waals surface area contributed by atoms with Gasteiger partial charge in [0.2, 0.25) is 0 Å². The second-order valence-electron chi connectivity index (χ2n) is 4.78. The highest BCUT2D eigenvalue weighted by atomic mass is 15.2. The summed E-state index contributed by atoms with van der Waals surface area (Å²) in [7, 11) is 2.16. The highest BCUT2D eigenvalue weighted by Crippen LogP contribution is 2.22. The number of hydrogen-bond acceptors (Lipinski definition) is 3. The molecule has 3 heteroatoms. The summed E-state index contributed by atoms with van der Waals surface area (Å²) in [6, 6.07) is 8.36. The summed E-state index contributed by atoms with van der Waals surface area (Å²) in [5.41, 5.74) is 3.11. The van der Waals surface area contributed by atoms with Crippen molar-refractivity contribution in [1.29, 1.82) is 5.26 Å². The van der Waals surface area contributed by atoms with E-state index < -0.39 is 0 Å². The molecule has 0 atom stereocenters. The third-order valence-electron chi connectivity index (χ3n) is 3.33. The summed E-state index contributed by atoms with van der Waals surface area (Å²) in [5.74, 6) is 0. The van der Waals surface area contributed by atoms with Crippen molar-refractivity contribution >= 4 is 5.69 Å². The lowest BCUT2D eigenvalue weighted by Crippen LogP contribution is -2.29. The molecule has 1 aromatic rings. The van der Waals surface area contributed by atoms with E-state index in [1.54, 1.807) is 0 Å². The van der Waals surface area contributed by atoms with Crippen molar-refractivity contribution in [2.24, 2.45) is 0 Å². The molecule has 1 aliphatic heterocycles. The first-order chi connectivity index (χ1) is 8.20. The van der Waals surface area contributed by atoms with Gasteiger partial charge in [0.25, 0.3) is 0 Å². The molecule has 3 nitrogen and oxygen atoms in total. The van der Waals surface area contributed by atoms with Crippen LogP contribution in [0.1, 0.15) is 17.5 Å². The lowest BCUT2D eigenvalue weighted by atomic mass is 10.1. The summed E-state index contributed by atoms with van der Waals surface area (Å²) < 4.78 is 0. The van der Waals surface area contributed by atoms with Crippen LogP contribution in [0.15, 0.2) is 18.2 Å².